The molecule has 1 N–H and O–H groups in total. The van der Waals surface area contributed by atoms with Gasteiger partial charge >= 0.3 is 5.97 Å². The molecule has 9 nitrogen and oxygen atoms in total. The van der Waals surface area contributed by atoms with Crippen LogP contribution in [-0.2, 0) is 23.1 Å². The number of aromatic nitrogens is 2. The topological polar surface area (TPSA) is 109 Å². The van der Waals surface area contributed by atoms with Crippen molar-refractivity contribution >= 4 is 11.9 Å². The second-order valence-electron chi connectivity index (χ2n) is 6.06. The van der Waals surface area contributed by atoms with Crippen LogP contribution in [0.2, 0.25) is 0 Å². The molecule has 0 saturated heterocycles. The molecule has 0 bridgehead atoms. The van der Waals surface area contributed by atoms with Gasteiger partial charge in [0.2, 0.25) is 0 Å². The molecule has 0 spiro atoms. The van der Waals surface area contributed by atoms with Crippen molar-refractivity contribution in [1.29, 1.82) is 0 Å². The third-order valence-corrected chi connectivity index (χ3v) is 4.20. The van der Waals surface area contributed by atoms with E-state index < -0.39 is 24.0 Å². The zero-order valence-corrected chi connectivity index (χ0v) is 16.5. The van der Waals surface area contributed by atoms with E-state index in [2.05, 4.69) is 10.4 Å². The van der Waals surface area contributed by atoms with Crippen LogP contribution in [0.1, 0.15) is 27.2 Å². The lowest BCUT2D eigenvalue weighted by Gasteiger charge is -2.11. The molecule has 0 aliphatic heterocycles. The van der Waals surface area contributed by atoms with Gasteiger partial charge in [0.05, 0.1) is 19.9 Å². The highest BCUT2D eigenvalue weighted by Crippen LogP contribution is 2.27. The molecule has 0 atom stereocenters. The maximum atomic E-state index is 12.2. The summed E-state index contributed by atoms with van der Waals surface area (Å²) in [6, 6.07) is 5.24. The van der Waals surface area contributed by atoms with E-state index in [-0.39, 0.29) is 12.1 Å². The maximum Gasteiger partial charge on any atom is 0.344 e. The van der Waals surface area contributed by atoms with Crippen LogP contribution in [0.25, 0.3) is 0 Å². The molecule has 0 saturated carbocycles. The first-order valence-electron chi connectivity index (χ1n) is 8.47. The Labute approximate surface area is 162 Å². The van der Waals surface area contributed by atoms with Gasteiger partial charge in [0.25, 0.3) is 11.5 Å². The van der Waals surface area contributed by atoms with Crippen molar-refractivity contribution in [2.24, 2.45) is 7.05 Å². The monoisotopic (exact) mass is 389 g/mol. The number of amides is 1. The number of methoxy groups -OCH3 is 2. The van der Waals surface area contributed by atoms with Gasteiger partial charge in [-0.2, -0.15) is 5.10 Å². The molecule has 0 unspecified atom stereocenters. The van der Waals surface area contributed by atoms with E-state index in [9.17, 15) is 14.4 Å². The Morgan fingerprint density at radius 3 is 2.46 bits per heavy atom. The van der Waals surface area contributed by atoms with Gasteiger partial charge in [-0.1, -0.05) is 6.07 Å². The summed E-state index contributed by atoms with van der Waals surface area (Å²) in [7, 11) is 4.50. The fourth-order valence-corrected chi connectivity index (χ4v) is 2.53. The van der Waals surface area contributed by atoms with Gasteiger partial charge in [-0.25, -0.2) is 9.48 Å². The van der Waals surface area contributed by atoms with Crippen LogP contribution in [0.3, 0.4) is 0 Å². The lowest BCUT2D eigenvalue weighted by atomic mass is 10.1. The number of hydrogen-bond acceptors (Lipinski definition) is 7. The van der Waals surface area contributed by atoms with Crippen molar-refractivity contribution in [1.82, 2.24) is 15.1 Å². The SMILES string of the molecule is COc1ccc(CNC(=O)COC(=O)c2c(C)c(C)nn(C)c2=O)cc1OC. The number of ether oxygens (including phenoxy) is 3. The van der Waals surface area contributed by atoms with Crippen LogP contribution in [0, 0.1) is 13.8 Å². The molecule has 0 aliphatic rings. The highest BCUT2D eigenvalue weighted by Gasteiger charge is 2.20. The van der Waals surface area contributed by atoms with Gasteiger partial charge in [-0.05, 0) is 37.1 Å². The summed E-state index contributed by atoms with van der Waals surface area (Å²) in [6.07, 6.45) is 0. The summed E-state index contributed by atoms with van der Waals surface area (Å²) in [6.45, 7) is 3.00. The maximum absolute atomic E-state index is 12.2. The summed E-state index contributed by atoms with van der Waals surface area (Å²) in [5, 5.41) is 6.64. The third-order valence-electron chi connectivity index (χ3n) is 4.20. The highest BCUT2D eigenvalue weighted by atomic mass is 16.5. The predicted molar refractivity (Wildman–Crippen MR) is 101 cm³/mol. The lowest BCUT2D eigenvalue weighted by Crippen LogP contribution is -2.32. The Balaban J connectivity index is 1.96. The van der Waals surface area contributed by atoms with Crippen molar-refractivity contribution in [3.63, 3.8) is 0 Å². The molecule has 0 radical (unpaired) electrons. The zero-order valence-electron chi connectivity index (χ0n) is 16.5. The first-order valence-corrected chi connectivity index (χ1v) is 8.47. The number of aryl methyl sites for hydroxylation is 2. The fraction of sp³-hybridized carbons (Fsp3) is 0.368. The number of nitrogens with one attached hydrogen (secondary N) is 1. The Hall–Kier alpha value is -3.36. The van der Waals surface area contributed by atoms with E-state index in [4.69, 9.17) is 14.2 Å². The molecular formula is C19H23N3O6. The molecule has 2 rings (SSSR count). The predicted octanol–water partition coefficient (Wildman–Crippen LogP) is 0.888. The van der Waals surface area contributed by atoms with Gasteiger partial charge in [-0.3, -0.25) is 9.59 Å². The summed E-state index contributed by atoms with van der Waals surface area (Å²) in [5.74, 6) is -0.232. The normalized spacial score (nSPS) is 10.3. The van der Waals surface area contributed by atoms with Crippen molar-refractivity contribution in [3.8, 4) is 11.5 Å². The second kappa shape index (κ2) is 9.03. The minimum atomic E-state index is -0.857. The Morgan fingerprint density at radius 1 is 1.14 bits per heavy atom. The molecule has 150 valence electrons. The molecule has 0 fully saturated rings. The van der Waals surface area contributed by atoms with E-state index >= 15 is 0 Å². The van der Waals surface area contributed by atoms with E-state index in [1.807, 2.05) is 0 Å². The molecule has 1 aromatic heterocycles. The van der Waals surface area contributed by atoms with Crippen LogP contribution < -0.4 is 20.3 Å². The molecular weight excluding hydrogens is 366 g/mol. The molecule has 28 heavy (non-hydrogen) atoms. The Morgan fingerprint density at radius 2 is 1.82 bits per heavy atom. The smallest absolute Gasteiger partial charge is 0.344 e. The molecule has 1 aromatic carbocycles. The largest absolute Gasteiger partial charge is 0.493 e. The average molecular weight is 389 g/mol. The fourth-order valence-electron chi connectivity index (χ4n) is 2.53. The van der Waals surface area contributed by atoms with Crippen molar-refractivity contribution in [2.45, 2.75) is 20.4 Å². The number of carbonyl (C=O) groups excluding carboxylic acids is 2. The summed E-state index contributed by atoms with van der Waals surface area (Å²) < 4.78 is 16.4. The van der Waals surface area contributed by atoms with Crippen molar-refractivity contribution < 1.29 is 23.8 Å². The van der Waals surface area contributed by atoms with Crippen LogP contribution >= 0.6 is 0 Å². The summed E-state index contributed by atoms with van der Waals surface area (Å²) in [4.78, 5) is 36.4. The first-order chi connectivity index (χ1) is 13.3. The number of benzene rings is 1. The highest BCUT2D eigenvalue weighted by molar-refractivity contribution is 5.92. The quantitative estimate of drug-likeness (QED) is 0.701. The van der Waals surface area contributed by atoms with Crippen LogP contribution in [0.4, 0.5) is 0 Å². The third kappa shape index (κ3) is 4.67. The Bertz CT molecular complexity index is 951. The molecule has 1 amide bonds. The van der Waals surface area contributed by atoms with Crippen LogP contribution in [0.15, 0.2) is 23.0 Å². The standard InChI is InChI=1S/C19H23N3O6/c1-11-12(2)21-22(3)18(24)17(11)19(25)28-10-16(23)20-9-13-6-7-14(26-4)15(8-13)27-5/h6-8H,9-10H2,1-5H3,(H,20,23). The van der Waals surface area contributed by atoms with Crippen LogP contribution in [-0.4, -0.2) is 42.5 Å². The number of carbonyl (C=O) groups is 2. The molecule has 2 aromatic rings. The molecule has 9 heteroatoms. The Kier molecular flexibility index (Phi) is 6.75. The minimum absolute atomic E-state index is 0.123. The molecule has 1 heterocycles. The van der Waals surface area contributed by atoms with E-state index in [1.165, 1.54) is 21.3 Å². The first kappa shape index (κ1) is 20.9. The average Bonchev–Trinajstić information content (AvgIpc) is 2.69. The van der Waals surface area contributed by atoms with Gasteiger partial charge in [-0.15, -0.1) is 0 Å². The van der Waals surface area contributed by atoms with E-state index in [1.54, 1.807) is 32.0 Å². The van der Waals surface area contributed by atoms with Gasteiger partial charge in [0, 0.05) is 13.6 Å². The van der Waals surface area contributed by atoms with Gasteiger partial charge in [0.15, 0.2) is 18.1 Å². The number of esters is 1. The zero-order chi connectivity index (χ0) is 20.8. The minimum Gasteiger partial charge on any atom is -0.493 e. The molecule has 0 aliphatic carbocycles. The van der Waals surface area contributed by atoms with Gasteiger partial charge in [0.1, 0.15) is 5.56 Å². The van der Waals surface area contributed by atoms with E-state index in [0.717, 1.165) is 10.2 Å². The summed E-state index contributed by atoms with van der Waals surface area (Å²) >= 11 is 0. The second-order valence-corrected chi connectivity index (χ2v) is 6.06. The lowest BCUT2D eigenvalue weighted by molar-refractivity contribution is -0.124. The number of hydrogen-bond donors (Lipinski definition) is 1. The van der Waals surface area contributed by atoms with E-state index in [0.29, 0.717) is 22.8 Å². The summed E-state index contributed by atoms with van der Waals surface area (Å²) in [5.41, 5.74) is 1.05. The number of rotatable bonds is 7. The van der Waals surface area contributed by atoms with Crippen LogP contribution in [0.5, 0.6) is 11.5 Å². The van der Waals surface area contributed by atoms with Crippen molar-refractivity contribution in [2.75, 3.05) is 20.8 Å². The van der Waals surface area contributed by atoms with Gasteiger partial charge < -0.3 is 19.5 Å². The number of nitrogens with zero attached hydrogens (tertiary/aromatic N) is 2. The van der Waals surface area contributed by atoms with Crippen molar-refractivity contribution in [3.05, 3.63) is 50.9 Å².